The van der Waals surface area contributed by atoms with Crippen LogP contribution in [0.1, 0.15) is 36.4 Å². The summed E-state index contributed by atoms with van der Waals surface area (Å²) >= 11 is 5.59. The first kappa shape index (κ1) is 23.4. The highest BCUT2D eigenvalue weighted by molar-refractivity contribution is 7.89. The standard InChI is InChI=1S/C26H29N3O2S2/c30-33(31,29-18-8-3-9-19-29)24-16-14-23(15-17-24)27-26(32)28-25(22-12-6-2-7-13-22)20-21-10-4-1-5-11-21/h1-2,4-7,10-17,25H,3,8-9,18-20H2,(H2,27,28,32)/t25-/m1/s1. The van der Waals surface area contributed by atoms with Gasteiger partial charge >= 0.3 is 0 Å². The molecule has 172 valence electrons. The number of thiocarbonyl (C=S) groups is 1. The number of sulfonamides is 1. The molecule has 2 N–H and O–H groups in total. The monoisotopic (exact) mass is 479 g/mol. The van der Waals surface area contributed by atoms with Crippen LogP contribution < -0.4 is 10.6 Å². The van der Waals surface area contributed by atoms with E-state index in [1.165, 1.54) is 5.56 Å². The molecule has 1 heterocycles. The van der Waals surface area contributed by atoms with Crippen LogP contribution in [-0.4, -0.2) is 30.9 Å². The van der Waals surface area contributed by atoms with Crippen LogP contribution in [0.3, 0.4) is 0 Å². The highest BCUT2D eigenvalue weighted by Crippen LogP contribution is 2.23. The molecule has 1 aliphatic heterocycles. The molecule has 7 heteroatoms. The molecular weight excluding hydrogens is 450 g/mol. The molecule has 5 nitrogen and oxygen atoms in total. The van der Waals surface area contributed by atoms with Crippen molar-refractivity contribution in [1.29, 1.82) is 0 Å². The first-order valence-corrected chi connectivity index (χ1v) is 13.1. The van der Waals surface area contributed by atoms with Gasteiger partial charge in [0.1, 0.15) is 0 Å². The van der Waals surface area contributed by atoms with Gasteiger partial charge in [0.25, 0.3) is 0 Å². The molecule has 3 aromatic rings. The Kier molecular flexibility index (Phi) is 7.75. The summed E-state index contributed by atoms with van der Waals surface area (Å²) in [5.74, 6) is 0. The first-order valence-electron chi connectivity index (χ1n) is 11.3. The molecule has 0 saturated carbocycles. The maximum atomic E-state index is 12.9. The second-order valence-electron chi connectivity index (χ2n) is 8.24. The van der Waals surface area contributed by atoms with Crippen molar-refractivity contribution >= 4 is 33.0 Å². The molecule has 0 bridgehead atoms. The third-order valence-corrected chi connectivity index (χ3v) is 7.99. The average Bonchev–Trinajstić information content (AvgIpc) is 2.86. The van der Waals surface area contributed by atoms with Crippen molar-refractivity contribution in [3.8, 4) is 0 Å². The number of hydrogen-bond acceptors (Lipinski definition) is 3. The van der Waals surface area contributed by atoms with Crippen molar-refractivity contribution in [3.63, 3.8) is 0 Å². The summed E-state index contributed by atoms with van der Waals surface area (Å²) in [7, 11) is -3.44. The van der Waals surface area contributed by atoms with E-state index in [1.807, 2.05) is 36.4 Å². The molecule has 3 aromatic carbocycles. The van der Waals surface area contributed by atoms with E-state index in [0.717, 1.165) is 36.9 Å². The fraction of sp³-hybridized carbons (Fsp3) is 0.269. The van der Waals surface area contributed by atoms with Gasteiger partial charge < -0.3 is 10.6 Å². The van der Waals surface area contributed by atoms with Crippen LogP contribution in [0.2, 0.25) is 0 Å². The van der Waals surface area contributed by atoms with Crippen molar-refractivity contribution in [2.45, 2.75) is 36.6 Å². The van der Waals surface area contributed by atoms with Crippen LogP contribution >= 0.6 is 12.2 Å². The van der Waals surface area contributed by atoms with Crippen LogP contribution in [0.4, 0.5) is 5.69 Å². The SMILES string of the molecule is O=S(=O)(c1ccc(NC(=S)N[C@H](Cc2ccccc2)c2ccccc2)cc1)N1CCCCC1. The minimum absolute atomic E-state index is 0.00681. The van der Waals surface area contributed by atoms with Gasteiger partial charge in [-0.2, -0.15) is 4.31 Å². The fourth-order valence-corrected chi connectivity index (χ4v) is 5.85. The highest BCUT2D eigenvalue weighted by atomic mass is 32.2. The van der Waals surface area contributed by atoms with E-state index in [0.29, 0.717) is 23.1 Å². The third kappa shape index (κ3) is 6.19. The Bertz CT molecular complexity index is 1150. The lowest BCUT2D eigenvalue weighted by Crippen LogP contribution is -2.35. The van der Waals surface area contributed by atoms with Gasteiger partial charge in [-0.05, 0) is 66.9 Å². The molecule has 4 rings (SSSR count). The predicted molar refractivity (Wildman–Crippen MR) is 138 cm³/mol. The Hall–Kier alpha value is -2.74. The molecule has 0 radical (unpaired) electrons. The highest BCUT2D eigenvalue weighted by Gasteiger charge is 2.25. The normalized spacial score (nSPS) is 15.5. The van der Waals surface area contributed by atoms with Crippen LogP contribution in [0.25, 0.3) is 0 Å². The van der Waals surface area contributed by atoms with E-state index in [-0.39, 0.29) is 6.04 Å². The van der Waals surface area contributed by atoms with Gasteiger partial charge in [0.15, 0.2) is 5.11 Å². The topological polar surface area (TPSA) is 61.4 Å². The van der Waals surface area contributed by atoms with E-state index in [4.69, 9.17) is 12.2 Å². The van der Waals surface area contributed by atoms with Gasteiger partial charge in [-0.3, -0.25) is 0 Å². The Balaban J connectivity index is 1.43. The summed E-state index contributed by atoms with van der Waals surface area (Å²) in [5.41, 5.74) is 3.11. The van der Waals surface area contributed by atoms with Gasteiger partial charge in [-0.15, -0.1) is 0 Å². The van der Waals surface area contributed by atoms with Gasteiger partial charge in [0, 0.05) is 18.8 Å². The minimum atomic E-state index is -3.44. The number of benzene rings is 3. The van der Waals surface area contributed by atoms with E-state index < -0.39 is 10.0 Å². The number of hydrogen-bond donors (Lipinski definition) is 2. The summed E-state index contributed by atoms with van der Waals surface area (Å²) in [6.45, 7) is 1.19. The molecule has 0 amide bonds. The zero-order chi connectivity index (χ0) is 23.1. The molecule has 33 heavy (non-hydrogen) atoms. The number of piperidine rings is 1. The summed E-state index contributed by atoms with van der Waals surface area (Å²) in [6.07, 6.45) is 3.72. The maximum absolute atomic E-state index is 12.9. The molecule has 0 aliphatic carbocycles. The lowest BCUT2D eigenvalue weighted by molar-refractivity contribution is 0.346. The van der Waals surface area contributed by atoms with Crippen molar-refractivity contribution in [2.75, 3.05) is 18.4 Å². The summed E-state index contributed by atoms with van der Waals surface area (Å²) in [6, 6.07) is 27.3. The van der Waals surface area contributed by atoms with Crippen molar-refractivity contribution in [2.24, 2.45) is 0 Å². The van der Waals surface area contributed by atoms with E-state index in [1.54, 1.807) is 28.6 Å². The van der Waals surface area contributed by atoms with Crippen LogP contribution in [0, 0.1) is 0 Å². The second-order valence-corrected chi connectivity index (χ2v) is 10.6. The smallest absolute Gasteiger partial charge is 0.243 e. The predicted octanol–water partition coefficient (Wildman–Crippen LogP) is 5.13. The Morgan fingerprint density at radius 2 is 1.45 bits per heavy atom. The van der Waals surface area contributed by atoms with Crippen molar-refractivity contribution in [3.05, 3.63) is 96.1 Å². The van der Waals surface area contributed by atoms with Crippen LogP contribution in [-0.2, 0) is 16.4 Å². The number of anilines is 1. The molecule has 1 fully saturated rings. The van der Waals surface area contributed by atoms with Gasteiger partial charge in [-0.1, -0.05) is 67.1 Å². The van der Waals surface area contributed by atoms with Gasteiger partial charge in [0.2, 0.25) is 10.0 Å². The Morgan fingerprint density at radius 1 is 0.848 bits per heavy atom. The lowest BCUT2D eigenvalue weighted by Gasteiger charge is -2.26. The average molecular weight is 480 g/mol. The molecule has 0 unspecified atom stereocenters. The summed E-state index contributed by atoms with van der Waals surface area (Å²) in [4.78, 5) is 0.320. The molecule has 0 aromatic heterocycles. The number of nitrogens with one attached hydrogen (secondary N) is 2. The molecule has 1 atom stereocenters. The number of nitrogens with zero attached hydrogens (tertiary/aromatic N) is 1. The lowest BCUT2D eigenvalue weighted by atomic mass is 9.99. The Labute approximate surface area is 201 Å². The van der Waals surface area contributed by atoms with E-state index >= 15 is 0 Å². The third-order valence-electron chi connectivity index (χ3n) is 5.85. The van der Waals surface area contributed by atoms with E-state index in [2.05, 4.69) is 34.9 Å². The second kappa shape index (κ2) is 10.9. The van der Waals surface area contributed by atoms with Crippen LogP contribution in [0.5, 0.6) is 0 Å². The maximum Gasteiger partial charge on any atom is 0.243 e. The molecule has 1 aliphatic rings. The summed E-state index contributed by atoms with van der Waals surface area (Å²) in [5, 5.41) is 7.11. The fourth-order valence-electron chi connectivity index (χ4n) is 4.08. The molecular formula is C26H29N3O2S2. The molecule has 0 spiro atoms. The quantitative estimate of drug-likeness (QED) is 0.460. The summed E-state index contributed by atoms with van der Waals surface area (Å²) < 4.78 is 27.3. The Morgan fingerprint density at radius 3 is 2.09 bits per heavy atom. The number of rotatable bonds is 7. The largest absolute Gasteiger partial charge is 0.355 e. The van der Waals surface area contributed by atoms with Crippen molar-refractivity contribution in [1.82, 2.24) is 9.62 Å². The first-order chi connectivity index (χ1) is 16.0. The van der Waals surface area contributed by atoms with Crippen molar-refractivity contribution < 1.29 is 8.42 Å². The molecule has 1 saturated heterocycles. The minimum Gasteiger partial charge on any atom is -0.355 e. The van der Waals surface area contributed by atoms with Gasteiger partial charge in [0.05, 0.1) is 10.9 Å². The van der Waals surface area contributed by atoms with E-state index in [9.17, 15) is 8.42 Å². The van der Waals surface area contributed by atoms with Crippen LogP contribution in [0.15, 0.2) is 89.8 Å². The van der Waals surface area contributed by atoms with Gasteiger partial charge in [-0.25, -0.2) is 8.42 Å². The zero-order valence-corrected chi connectivity index (χ0v) is 20.1. The zero-order valence-electron chi connectivity index (χ0n) is 18.5.